The minimum atomic E-state index is 0.756. The standard InChI is InChI=1S/C13H13NO2/c1-2-5-10(6-3-1)13-9-11(14-16-13)12-7-4-8-15-12/h4-5,7-9H,1-3,6H2. The summed E-state index contributed by atoms with van der Waals surface area (Å²) < 4.78 is 10.6. The lowest BCUT2D eigenvalue weighted by Crippen LogP contribution is -1.89. The second-order valence-corrected chi connectivity index (χ2v) is 4.03. The molecule has 0 radical (unpaired) electrons. The van der Waals surface area contributed by atoms with Crippen molar-refractivity contribution in [2.45, 2.75) is 25.7 Å². The van der Waals surface area contributed by atoms with E-state index in [-0.39, 0.29) is 0 Å². The molecule has 2 aromatic heterocycles. The second-order valence-electron chi connectivity index (χ2n) is 4.03. The Morgan fingerprint density at radius 1 is 1.19 bits per heavy atom. The molecule has 0 aliphatic heterocycles. The van der Waals surface area contributed by atoms with Gasteiger partial charge in [0.25, 0.3) is 0 Å². The van der Waals surface area contributed by atoms with E-state index in [1.807, 2.05) is 18.2 Å². The number of aromatic nitrogens is 1. The van der Waals surface area contributed by atoms with Gasteiger partial charge in [0.2, 0.25) is 0 Å². The van der Waals surface area contributed by atoms with Gasteiger partial charge in [0, 0.05) is 6.07 Å². The molecule has 2 aromatic rings. The number of rotatable bonds is 2. The lowest BCUT2D eigenvalue weighted by atomic mass is 9.98. The van der Waals surface area contributed by atoms with E-state index in [4.69, 9.17) is 8.94 Å². The maximum Gasteiger partial charge on any atom is 0.163 e. The van der Waals surface area contributed by atoms with Crippen molar-refractivity contribution in [2.75, 3.05) is 0 Å². The lowest BCUT2D eigenvalue weighted by Gasteiger charge is -2.08. The van der Waals surface area contributed by atoms with Crippen LogP contribution in [0.25, 0.3) is 17.0 Å². The van der Waals surface area contributed by atoms with E-state index in [2.05, 4.69) is 11.2 Å². The molecule has 0 unspecified atom stereocenters. The molecule has 0 aromatic carbocycles. The highest BCUT2D eigenvalue weighted by molar-refractivity contribution is 5.65. The third-order valence-electron chi connectivity index (χ3n) is 2.89. The summed E-state index contributed by atoms with van der Waals surface area (Å²) in [5.41, 5.74) is 2.04. The van der Waals surface area contributed by atoms with Crippen molar-refractivity contribution in [1.82, 2.24) is 5.16 Å². The third-order valence-corrected chi connectivity index (χ3v) is 2.89. The topological polar surface area (TPSA) is 39.2 Å². The van der Waals surface area contributed by atoms with Gasteiger partial charge in [-0.1, -0.05) is 11.2 Å². The summed E-state index contributed by atoms with van der Waals surface area (Å²) in [5, 5.41) is 4.02. The van der Waals surface area contributed by atoms with Crippen LogP contribution in [0, 0.1) is 0 Å². The molecule has 0 spiro atoms. The van der Waals surface area contributed by atoms with Crippen LogP contribution < -0.4 is 0 Å². The SMILES string of the molecule is C1=C(c2cc(-c3ccco3)no2)CCCC1. The van der Waals surface area contributed by atoms with Crippen LogP contribution >= 0.6 is 0 Å². The minimum absolute atomic E-state index is 0.756. The molecule has 1 aliphatic carbocycles. The monoisotopic (exact) mass is 215 g/mol. The number of nitrogens with zero attached hydrogens (tertiary/aromatic N) is 1. The normalized spacial score (nSPS) is 16.1. The maximum atomic E-state index is 5.35. The molecule has 0 amide bonds. The Morgan fingerprint density at radius 2 is 2.19 bits per heavy atom. The van der Waals surface area contributed by atoms with Crippen LogP contribution in [-0.2, 0) is 0 Å². The molecule has 2 heterocycles. The van der Waals surface area contributed by atoms with Gasteiger partial charge in [-0.3, -0.25) is 0 Å². The van der Waals surface area contributed by atoms with Crippen molar-refractivity contribution in [2.24, 2.45) is 0 Å². The molecule has 3 nitrogen and oxygen atoms in total. The predicted molar refractivity (Wildman–Crippen MR) is 60.7 cm³/mol. The zero-order valence-electron chi connectivity index (χ0n) is 8.98. The second kappa shape index (κ2) is 4.00. The molecule has 16 heavy (non-hydrogen) atoms. The van der Waals surface area contributed by atoms with Crippen LogP contribution in [0.1, 0.15) is 31.4 Å². The third kappa shape index (κ3) is 1.69. The highest BCUT2D eigenvalue weighted by atomic mass is 16.5. The van der Waals surface area contributed by atoms with Gasteiger partial charge < -0.3 is 8.94 Å². The van der Waals surface area contributed by atoms with E-state index in [1.54, 1.807) is 6.26 Å². The van der Waals surface area contributed by atoms with E-state index < -0.39 is 0 Å². The van der Waals surface area contributed by atoms with Crippen molar-refractivity contribution >= 4 is 5.57 Å². The van der Waals surface area contributed by atoms with E-state index in [0.29, 0.717) is 0 Å². The summed E-state index contributed by atoms with van der Waals surface area (Å²) in [6.45, 7) is 0. The van der Waals surface area contributed by atoms with Gasteiger partial charge >= 0.3 is 0 Å². The van der Waals surface area contributed by atoms with Gasteiger partial charge in [0.15, 0.2) is 11.5 Å². The molecule has 0 saturated carbocycles. The summed E-state index contributed by atoms with van der Waals surface area (Å²) in [4.78, 5) is 0. The fraction of sp³-hybridized carbons (Fsp3) is 0.308. The Balaban J connectivity index is 1.90. The van der Waals surface area contributed by atoms with E-state index in [1.165, 1.54) is 18.4 Å². The van der Waals surface area contributed by atoms with Crippen LogP contribution in [0.2, 0.25) is 0 Å². The number of hydrogen-bond donors (Lipinski definition) is 0. The average Bonchev–Trinajstić information content (AvgIpc) is 3.01. The predicted octanol–water partition coefficient (Wildman–Crippen LogP) is 3.89. The first kappa shape index (κ1) is 9.46. The summed E-state index contributed by atoms with van der Waals surface area (Å²) >= 11 is 0. The maximum absolute atomic E-state index is 5.35. The zero-order valence-corrected chi connectivity index (χ0v) is 8.98. The Labute approximate surface area is 93.7 Å². The lowest BCUT2D eigenvalue weighted by molar-refractivity contribution is 0.407. The zero-order chi connectivity index (χ0) is 10.8. The first-order chi connectivity index (χ1) is 7.93. The van der Waals surface area contributed by atoms with Crippen molar-refractivity contribution in [3.8, 4) is 11.5 Å². The van der Waals surface area contributed by atoms with Crippen LogP contribution in [-0.4, -0.2) is 5.16 Å². The molecule has 0 fully saturated rings. The molecule has 82 valence electrons. The van der Waals surface area contributed by atoms with E-state index >= 15 is 0 Å². The molecule has 1 aliphatic rings. The van der Waals surface area contributed by atoms with Gasteiger partial charge in [-0.2, -0.15) is 0 Å². The van der Waals surface area contributed by atoms with E-state index in [0.717, 1.165) is 30.1 Å². The van der Waals surface area contributed by atoms with Gasteiger partial charge in [-0.25, -0.2) is 0 Å². The summed E-state index contributed by atoms with van der Waals surface area (Å²) in [5.74, 6) is 1.64. The van der Waals surface area contributed by atoms with Gasteiger partial charge in [-0.15, -0.1) is 0 Å². The largest absolute Gasteiger partial charge is 0.463 e. The summed E-state index contributed by atoms with van der Waals surface area (Å²) in [6, 6.07) is 5.69. The van der Waals surface area contributed by atoms with Gasteiger partial charge in [0.1, 0.15) is 5.69 Å². The highest BCUT2D eigenvalue weighted by Crippen LogP contribution is 2.29. The van der Waals surface area contributed by atoms with Crippen molar-refractivity contribution < 1.29 is 8.94 Å². The highest BCUT2D eigenvalue weighted by Gasteiger charge is 2.13. The van der Waals surface area contributed by atoms with Gasteiger partial charge in [0.05, 0.1) is 6.26 Å². The first-order valence-electron chi connectivity index (χ1n) is 5.63. The van der Waals surface area contributed by atoms with Crippen molar-refractivity contribution in [3.63, 3.8) is 0 Å². The Bertz CT molecular complexity index is 494. The summed E-state index contributed by atoms with van der Waals surface area (Å²) in [7, 11) is 0. The molecule has 0 atom stereocenters. The molecule has 3 rings (SSSR count). The molecular weight excluding hydrogens is 202 g/mol. The van der Waals surface area contributed by atoms with Crippen LogP contribution in [0.5, 0.6) is 0 Å². The Kier molecular flexibility index (Phi) is 2.37. The number of hydrogen-bond acceptors (Lipinski definition) is 3. The quantitative estimate of drug-likeness (QED) is 0.762. The fourth-order valence-electron chi connectivity index (χ4n) is 2.03. The van der Waals surface area contributed by atoms with Crippen LogP contribution in [0.3, 0.4) is 0 Å². The van der Waals surface area contributed by atoms with Crippen LogP contribution in [0.4, 0.5) is 0 Å². The average molecular weight is 215 g/mol. The fourth-order valence-corrected chi connectivity index (χ4v) is 2.03. The molecule has 0 bridgehead atoms. The number of furan rings is 1. The minimum Gasteiger partial charge on any atom is -0.463 e. The first-order valence-corrected chi connectivity index (χ1v) is 5.63. The smallest absolute Gasteiger partial charge is 0.163 e. The molecular formula is C13H13NO2. The molecule has 0 saturated heterocycles. The summed E-state index contributed by atoms with van der Waals surface area (Å²) in [6.07, 6.45) is 8.64. The number of allylic oxidation sites excluding steroid dienone is 2. The van der Waals surface area contributed by atoms with E-state index in [9.17, 15) is 0 Å². The van der Waals surface area contributed by atoms with Crippen molar-refractivity contribution in [1.29, 1.82) is 0 Å². The van der Waals surface area contributed by atoms with Crippen molar-refractivity contribution in [3.05, 3.63) is 36.3 Å². The molecule has 0 N–H and O–H groups in total. The Hall–Kier alpha value is -1.77. The van der Waals surface area contributed by atoms with Crippen LogP contribution in [0.15, 0.2) is 39.5 Å². The Morgan fingerprint density at radius 3 is 2.94 bits per heavy atom. The molecule has 3 heteroatoms. The van der Waals surface area contributed by atoms with Gasteiger partial charge in [-0.05, 0) is 43.4 Å².